The van der Waals surface area contributed by atoms with Gasteiger partial charge in [-0.2, -0.15) is 0 Å². The minimum Gasteiger partial charge on any atom is -0.348 e. The van der Waals surface area contributed by atoms with Gasteiger partial charge in [-0.1, -0.05) is 0 Å². The molecular formula is C20H27N5O. The second-order valence-corrected chi connectivity index (χ2v) is 7.81. The third kappa shape index (κ3) is 3.96. The molecule has 26 heavy (non-hydrogen) atoms. The highest BCUT2D eigenvalue weighted by molar-refractivity contribution is 5.77. The van der Waals surface area contributed by atoms with Gasteiger partial charge in [-0.25, -0.2) is 4.98 Å². The highest BCUT2D eigenvalue weighted by Crippen LogP contribution is 2.39. The molecule has 2 aromatic heterocycles. The van der Waals surface area contributed by atoms with Crippen LogP contribution in [0.25, 0.3) is 0 Å². The van der Waals surface area contributed by atoms with E-state index in [9.17, 15) is 4.79 Å². The first-order valence-electron chi connectivity index (χ1n) is 9.59. The molecule has 2 aliphatic heterocycles. The standard InChI is InChI=1S/C20H27N5O/c26-19-2-7-20(15-25(19)11-5-18-12-22-16-23-18)6-1-10-24(14-20)13-17-3-8-21-9-4-17/h3-4,8-9,12,16H,1-2,5-7,10-11,13-15H2,(H,22,23)/t20-/m1/s1. The lowest BCUT2D eigenvalue weighted by atomic mass is 9.73. The maximum absolute atomic E-state index is 12.4. The van der Waals surface area contributed by atoms with Crippen molar-refractivity contribution in [3.8, 4) is 0 Å². The number of carbonyl (C=O) groups is 1. The summed E-state index contributed by atoms with van der Waals surface area (Å²) in [5.41, 5.74) is 2.67. The fraction of sp³-hybridized carbons (Fsp3) is 0.550. The van der Waals surface area contributed by atoms with Crippen molar-refractivity contribution in [2.75, 3.05) is 26.2 Å². The molecule has 0 unspecified atom stereocenters. The molecule has 0 saturated carbocycles. The predicted molar refractivity (Wildman–Crippen MR) is 99.3 cm³/mol. The Morgan fingerprint density at radius 3 is 2.85 bits per heavy atom. The van der Waals surface area contributed by atoms with Crippen molar-refractivity contribution in [3.05, 3.63) is 48.3 Å². The molecule has 1 amide bonds. The first kappa shape index (κ1) is 17.2. The summed E-state index contributed by atoms with van der Waals surface area (Å²) in [6.45, 7) is 4.89. The van der Waals surface area contributed by atoms with E-state index in [0.29, 0.717) is 12.3 Å². The molecule has 0 aliphatic carbocycles. The van der Waals surface area contributed by atoms with Crippen LogP contribution in [0, 0.1) is 5.41 Å². The van der Waals surface area contributed by atoms with Crippen LogP contribution in [0.3, 0.4) is 0 Å². The normalized spacial score (nSPS) is 24.3. The van der Waals surface area contributed by atoms with E-state index in [0.717, 1.165) is 51.3 Å². The predicted octanol–water partition coefficient (Wildman–Crippen LogP) is 2.25. The Bertz CT molecular complexity index is 717. The van der Waals surface area contributed by atoms with Gasteiger partial charge in [-0.05, 0) is 43.5 Å². The monoisotopic (exact) mass is 353 g/mol. The van der Waals surface area contributed by atoms with Crippen LogP contribution in [0.1, 0.15) is 36.9 Å². The van der Waals surface area contributed by atoms with Crippen LogP contribution in [0.15, 0.2) is 37.1 Å². The minimum absolute atomic E-state index is 0.257. The van der Waals surface area contributed by atoms with Crippen molar-refractivity contribution < 1.29 is 4.79 Å². The van der Waals surface area contributed by atoms with Crippen molar-refractivity contribution in [1.29, 1.82) is 0 Å². The number of likely N-dealkylation sites (tertiary alicyclic amines) is 2. The molecular weight excluding hydrogens is 326 g/mol. The molecule has 0 aromatic carbocycles. The molecule has 2 fully saturated rings. The zero-order chi connectivity index (χ0) is 17.8. The molecule has 1 spiro atoms. The smallest absolute Gasteiger partial charge is 0.222 e. The molecule has 2 saturated heterocycles. The molecule has 1 N–H and O–H groups in total. The molecule has 138 valence electrons. The number of hydrogen-bond acceptors (Lipinski definition) is 4. The number of pyridine rings is 1. The van der Waals surface area contributed by atoms with Gasteiger partial charge in [0.05, 0.1) is 6.33 Å². The Morgan fingerprint density at radius 1 is 1.15 bits per heavy atom. The Hall–Kier alpha value is -2.21. The van der Waals surface area contributed by atoms with Gasteiger partial charge in [0.15, 0.2) is 0 Å². The number of H-pyrrole nitrogens is 1. The van der Waals surface area contributed by atoms with Crippen LogP contribution >= 0.6 is 0 Å². The second kappa shape index (κ2) is 7.58. The van der Waals surface area contributed by atoms with Gasteiger partial charge in [-0.15, -0.1) is 0 Å². The number of carbonyl (C=O) groups excluding carboxylic acids is 1. The van der Waals surface area contributed by atoms with Gasteiger partial charge < -0.3 is 9.88 Å². The Morgan fingerprint density at radius 2 is 2.04 bits per heavy atom. The Balaban J connectivity index is 1.39. The van der Waals surface area contributed by atoms with E-state index in [1.54, 1.807) is 6.33 Å². The van der Waals surface area contributed by atoms with E-state index in [1.807, 2.05) is 18.6 Å². The number of amides is 1. The number of hydrogen-bond donors (Lipinski definition) is 1. The maximum Gasteiger partial charge on any atom is 0.222 e. The van der Waals surface area contributed by atoms with Crippen LogP contribution < -0.4 is 0 Å². The van der Waals surface area contributed by atoms with E-state index in [4.69, 9.17) is 0 Å². The van der Waals surface area contributed by atoms with Gasteiger partial charge in [0.25, 0.3) is 0 Å². The number of nitrogens with one attached hydrogen (secondary N) is 1. The summed E-state index contributed by atoms with van der Waals surface area (Å²) in [6, 6.07) is 4.20. The fourth-order valence-electron chi connectivity index (χ4n) is 4.51. The lowest BCUT2D eigenvalue weighted by Crippen LogP contribution is -2.54. The van der Waals surface area contributed by atoms with Crippen molar-refractivity contribution in [1.82, 2.24) is 24.8 Å². The SMILES string of the molecule is O=C1CC[C@@]2(CCCN(Cc3ccncc3)C2)CN1CCc1cnc[nH]1. The first-order chi connectivity index (χ1) is 12.7. The lowest BCUT2D eigenvalue weighted by molar-refractivity contribution is -0.139. The zero-order valence-corrected chi connectivity index (χ0v) is 15.2. The molecule has 4 heterocycles. The third-order valence-electron chi connectivity index (χ3n) is 5.85. The minimum atomic E-state index is 0.257. The van der Waals surface area contributed by atoms with Crippen LogP contribution in [0.4, 0.5) is 0 Å². The molecule has 6 heteroatoms. The molecule has 6 nitrogen and oxygen atoms in total. The van der Waals surface area contributed by atoms with E-state index >= 15 is 0 Å². The Kier molecular flexibility index (Phi) is 5.02. The third-order valence-corrected chi connectivity index (χ3v) is 5.85. The molecule has 2 aliphatic rings. The highest BCUT2D eigenvalue weighted by atomic mass is 16.2. The summed E-state index contributed by atoms with van der Waals surface area (Å²) in [6.07, 6.45) is 12.3. The summed E-state index contributed by atoms with van der Waals surface area (Å²) in [4.78, 5) is 28.4. The van der Waals surface area contributed by atoms with Crippen LogP contribution in [0.2, 0.25) is 0 Å². The van der Waals surface area contributed by atoms with E-state index in [2.05, 4.69) is 36.9 Å². The number of piperidine rings is 2. The summed E-state index contributed by atoms with van der Waals surface area (Å²) in [5.74, 6) is 0.307. The van der Waals surface area contributed by atoms with Gasteiger partial charge in [0.1, 0.15) is 0 Å². The largest absolute Gasteiger partial charge is 0.348 e. The summed E-state index contributed by atoms with van der Waals surface area (Å²) in [5, 5.41) is 0. The molecule has 2 aromatic rings. The molecule has 0 bridgehead atoms. The average Bonchev–Trinajstić information content (AvgIpc) is 3.17. The van der Waals surface area contributed by atoms with Crippen molar-refractivity contribution in [3.63, 3.8) is 0 Å². The van der Waals surface area contributed by atoms with Crippen LogP contribution in [-0.4, -0.2) is 56.8 Å². The van der Waals surface area contributed by atoms with Crippen molar-refractivity contribution >= 4 is 5.91 Å². The first-order valence-corrected chi connectivity index (χ1v) is 9.59. The number of rotatable bonds is 5. The lowest BCUT2D eigenvalue weighted by Gasteiger charge is -2.48. The van der Waals surface area contributed by atoms with Crippen LogP contribution in [0.5, 0.6) is 0 Å². The fourth-order valence-corrected chi connectivity index (χ4v) is 4.51. The van der Waals surface area contributed by atoms with Crippen molar-refractivity contribution in [2.24, 2.45) is 5.41 Å². The quantitative estimate of drug-likeness (QED) is 0.895. The van der Waals surface area contributed by atoms with Gasteiger partial charge in [0, 0.05) is 68.7 Å². The van der Waals surface area contributed by atoms with E-state index < -0.39 is 0 Å². The molecule has 1 atom stereocenters. The Labute approximate surface area is 154 Å². The highest BCUT2D eigenvalue weighted by Gasteiger charge is 2.41. The van der Waals surface area contributed by atoms with Gasteiger partial charge >= 0.3 is 0 Å². The van der Waals surface area contributed by atoms with Gasteiger partial charge in [-0.3, -0.25) is 14.7 Å². The average molecular weight is 353 g/mol. The van der Waals surface area contributed by atoms with Crippen LogP contribution in [-0.2, 0) is 17.8 Å². The molecule has 0 radical (unpaired) electrons. The number of aromatic amines is 1. The zero-order valence-electron chi connectivity index (χ0n) is 15.2. The summed E-state index contributed by atoms with van der Waals surface area (Å²) >= 11 is 0. The topological polar surface area (TPSA) is 65.1 Å². The number of aromatic nitrogens is 3. The van der Waals surface area contributed by atoms with E-state index in [1.165, 1.54) is 18.4 Å². The summed E-state index contributed by atoms with van der Waals surface area (Å²) < 4.78 is 0. The number of imidazole rings is 1. The molecule has 4 rings (SSSR count). The summed E-state index contributed by atoms with van der Waals surface area (Å²) in [7, 11) is 0. The van der Waals surface area contributed by atoms with Crippen molar-refractivity contribution in [2.45, 2.75) is 38.6 Å². The van der Waals surface area contributed by atoms with Gasteiger partial charge in [0.2, 0.25) is 5.91 Å². The maximum atomic E-state index is 12.4. The number of nitrogens with zero attached hydrogens (tertiary/aromatic N) is 4. The second-order valence-electron chi connectivity index (χ2n) is 7.81. The van der Waals surface area contributed by atoms with E-state index in [-0.39, 0.29) is 5.41 Å².